The second-order valence-electron chi connectivity index (χ2n) is 6.23. The molecule has 0 bridgehead atoms. The predicted octanol–water partition coefficient (Wildman–Crippen LogP) is -3.20. The summed E-state index contributed by atoms with van der Waals surface area (Å²) in [5.74, 6) is -0.457. The number of hydrogen-bond acceptors (Lipinski definition) is 9. The monoisotopic (exact) mass is 351 g/mol. The molecule has 2 rings (SSSR count). The molecule has 10 atom stereocenters. The van der Waals surface area contributed by atoms with Crippen molar-refractivity contribution in [1.29, 1.82) is 0 Å². The first-order valence-corrected chi connectivity index (χ1v) is 7.77. The number of ether oxygens (including phenoxy) is 3. The number of nitrogens with one attached hydrogen (secondary N) is 1. The number of rotatable bonds is 3. The van der Waals surface area contributed by atoms with Gasteiger partial charge in [0.1, 0.15) is 30.5 Å². The Morgan fingerprint density at radius 2 is 1.50 bits per heavy atom. The average molecular weight is 351 g/mol. The van der Waals surface area contributed by atoms with Crippen LogP contribution >= 0.6 is 0 Å². The molecule has 2 heterocycles. The van der Waals surface area contributed by atoms with Crippen LogP contribution in [0.3, 0.4) is 0 Å². The van der Waals surface area contributed by atoms with Crippen molar-refractivity contribution >= 4 is 5.91 Å². The topological polar surface area (TPSA) is 158 Å². The lowest BCUT2D eigenvalue weighted by atomic mass is 9.95. The third-order valence-corrected chi connectivity index (χ3v) is 4.31. The molecule has 10 heteroatoms. The van der Waals surface area contributed by atoms with E-state index in [2.05, 4.69) is 5.32 Å². The molecular weight excluding hydrogens is 326 g/mol. The van der Waals surface area contributed by atoms with Crippen molar-refractivity contribution in [3.05, 3.63) is 0 Å². The van der Waals surface area contributed by atoms with Gasteiger partial charge in [-0.15, -0.1) is 0 Å². The lowest BCUT2D eigenvalue weighted by Crippen LogP contribution is -2.66. The summed E-state index contributed by atoms with van der Waals surface area (Å²) in [6.07, 6.45) is -11.3. The van der Waals surface area contributed by atoms with Gasteiger partial charge in [-0.05, 0) is 13.8 Å². The number of amides is 1. The zero-order valence-electron chi connectivity index (χ0n) is 13.6. The number of aliphatic hydroxyl groups excluding tert-OH is 5. The zero-order valence-corrected chi connectivity index (χ0v) is 13.6. The molecule has 0 saturated carbocycles. The second-order valence-corrected chi connectivity index (χ2v) is 6.23. The van der Waals surface area contributed by atoms with Gasteiger partial charge in [-0.1, -0.05) is 0 Å². The molecule has 0 radical (unpaired) electrons. The van der Waals surface area contributed by atoms with Crippen molar-refractivity contribution in [2.75, 3.05) is 0 Å². The average Bonchev–Trinajstić information content (AvgIpc) is 2.50. The van der Waals surface area contributed by atoms with Gasteiger partial charge in [-0.25, -0.2) is 0 Å². The van der Waals surface area contributed by atoms with Gasteiger partial charge in [0.25, 0.3) is 0 Å². The van der Waals surface area contributed by atoms with E-state index in [0.717, 1.165) is 0 Å². The van der Waals surface area contributed by atoms with E-state index in [9.17, 15) is 30.3 Å². The van der Waals surface area contributed by atoms with Crippen LogP contribution in [0.2, 0.25) is 0 Å². The Hall–Kier alpha value is -0.850. The Balaban J connectivity index is 2.13. The van der Waals surface area contributed by atoms with E-state index < -0.39 is 67.3 Å². The Labute approximate surface area is 138 Å². The largest absolute Gasteiger partial charge is 0.388 e. The van der Waals surface area contributed by atoms with Crippen LogP contribution in [0.15, 0.2) is 0 Å². The highest BCUT2D eigenvalue weighted by Crippen LogP contribution is 2.28. The zero-order chi connectivity index (χ0) is 18.2. The summed E-state index contributed by atoms with van der Waals surface area (Å²) in [5.41, 5.74) is 0. The fourth-order valence-electron chi connectivity index (χ4n) is 2.88. The van der Waals surface area contributed by atoms with Crippen molar-refractivity contribution in [3.63, 3.8) is 0 Å². The summed E-state index contributed by atoms with van der Waals surface area (Å²) in [6, 6.07) is -1.05. The van der Waals surface area contributed by atoms with E-state index in [1.54, 1.807) is 0 Å². The first-order valence-electron chi connectivity index (χ1n) is 7.77. The molecule has 24 heavy (non-hydrogen) atoms. The molecule has 0 aromatic rings. The summed E-state index contributed by atoms with van der Waals surface area (Å²) in [4.78, 5) is 11.3. The van der Waals surface area contributed by atoms with E-state index in [0.29, 0.717) is 0 Å². The summed E-state index contributed by atoms with van der Waals surface area (Å²) in [5, 5.41) is 52.5. The number of carbonyl (C=O) groups is 1. The molecule has 0 aromatic heterocycles. The minimum Gasteiger partial charge on any atom is -0.388 e. The van der Waals surface area contributed by atoms with Crippen molar-refractivity contribution in [2.24, 2.45) is 0 Å². The molecule has 2 aliphatic rings. The summed E-state index contributed by atoms with van der Waals surface area (Å²) in [6.45, 7) is 4.25. The number of carbonyl (C=O) groups excluding carboxylic acids is 1. The van der Waals surface area contributed by atoms with Crippen LogP contribution in [-0.4, -0.2) is 92.8 Å². The lowest BCUT2D eigenvalue weighted by Gasteiger charge is -2.45. The van der Waals surface area contributed by atoms with Gasteiger partial charge in [-0.3, -0.25) is 4.79 Å². The molecule has 6 N–H and O–H groups in total. The maximum absolute atomic E-state index is 11.3. The van der Waals surface area contributed by atoms with Gasteiger partial charge in [0, 0.05) is 6.92 Å². The Bertz CT molecular complexity index is 436. The smallest absolute Gasteiger partial charge is 0.217 e. The van der Waals surface area contributed by atoms with Crippen LogP contribution in [0.1, 0.15) is 20.8 Å². The van der Waals surface area contributed by atoms with Crippen LogP contribution in [-0.2, 0) is 19.0 Å². The van der Waals surface area contributed by atoms with Crippen molar-refractivity contribution in [3.8, 4) is 0 Å². The van der Waals surface area contributed by atoms with E-state index in [1.165, 1.54) is 20.8 Å². The van der Waals surface area contributed by atoms with E-state index in [4.69, 9.17) is 14.2 Å². The molecule has 0 aromatic carbocycles. The Morgan fingerprint density at radius 3 is 2.08 bits per heavy atom. The molecule has 2 fully saturated rings. The van der Waals surface area contributed by atoms with Gasteiger partial charge in [0.2, 0.25) is 5.91 Å². The van der Waals surface area contributed by atoms with Gasteiger partial charge in [0.15, 0.2) is 12.6 Å². The summed E-state index contributed by atoms with van der Waals surface area (Å²) >= 11 is 0. The van der Waals surface area contributed by atoms with Crippen LogP contribution in [0.25, 0.3) is 0 Å². The van der Waals surface area contributed by atoms with Gasteiger partial charge < -0.3 is 45.1 Å². The molecule has 0 spiro atoms. The predicted molar refractivity (Wildman–Crippen MR) is 77.4 cm³/mol. The molecule has 0 unspecified atom stereocenters. The van der Waals surface area contributed by atoms with E-state index in [-0.39, 0.29) is 0 Å². The number of hydrogen-bond donors (Lipinski definition) is 6. The summed E-state index contributed by atoms with van der Waals surface area (Å²) in [7, 11) is 0. The van der Waals surface area contributed by atoms with E-state index in [1.807, 2.05) is 0 Å². The number of aliphatic hydroxyl groups is 5. The SMILES string of the molecule is CC(=O)N[C@@H]1[C@@H](O)[C@@H](O[C@@H]2[C@@H](O)[C@H](C)O[C@@H](O)[C@@H]2O)O[C@H](C)[C@H]1O. The highest BCUT2D eigenvalue weighted by molar-refractivity contribution is 5.73. The van der Waals surface area contributed by atoms with Crippen LogP contribution in [0.5, 0.6) is 0 Å². The van der Waals surface area contributed by atoms with Crippen molar-refractivity contribution in [2.45, 2.75) is 82.1 Å². The molecule has 10 nitrogen and oxygen atoms in total. The molecule has 0 aliphatic carbocycles. The quantitative estimate of drug-likeness (QED) is 0.308. The Morgan fingerprint density at radius 1 is 0.917 bits per heavy atom. The molecular formula is C14H25NO9. The molecule has 1 amide bonds. The first-order chi connectivity index (χ1) is 11.1. The highest BCUT2D eigenvalue weighted by Gasteiger charge is 2.49. The lowest BCUT2D eigenvalue weighted by molar-refractivity contribution is -0.341. The second kappa shape index (κ2) is 7.58. The Kier molecular flexibility index (Phi) is 6.15. The molecule has 140 valence electrons. The highest BCUT2D eigenvalue weighted by atomic mass is 16.7. The molecule has 2 aliphatic heterocycles. The van der Waals surface area contributed by atoms with Gasteiger partial charge >= 0.3 is 0 Å². The third-order valence-electron chi connectivity index (χ3n) is 4.31. The molecule has 2 saturated heterocycles. The standard InChI is InChI=1S/C14H25NO9/c1-4-8(17)7(15-6(3)16)10(19)14(23-4)24-12-9(18)5(2)22-13(21)11(12)20/h4-5,7-14,17-21H,1-3H3,(H,15,16)/t4-,5+,7+,8-,9+,10-,11-,12-,13-,14-/m1/s1. The summed E-state index contributed by atoms with van der Waals surface area (Å²) < 4.78 is 15.8. The normalized spacial score (nSPS) is 49.7. The third kappa shape index (κ3) is 3.86. The minimum absolute atomic E-state index is 0.457. The first kappa shape index (κ1) is 19.5. The van der Waals surface area contributed by atoms with Gasteiger partial charge in [-0.2, -0.15) is 0 Å². The van der Waals surface area contributed by atoms with Crippen LogP contribution in [0, 0.1) is 0 Å². The fourth-order valence-corrected chi connectivity index (χ4v) is 2.88. The van der Waals surface area contributed by atoms with Crippen LogP contribution in [0.4, 0.5) is 0 Å². The maximum atomic E-state index is 11.3. The minimum atomic E-state index is -1.57. The van der Waals surface area contributed by atoms with Crippen molar-refractivity contribution < 1.29 is 44.5 Å². The van der Waals surface area contributed by atoms with Gasteiger partial charge in [0.05, 0.1) is 18.2 Å². The fraction of sp³-hybridized carbons (Fsp3) is 0.929. The van der Waals surface area contributed by atoms with Crippen molar-refractivity contribution in [1.82, 2.24) is 5.32 Å². The maximum Gasteiger partial charge on any atom is 0.217 e. The van der Waals surface area contributed by atoms with E-state index >= 15 is 0 Å². The van der Waals surface area contributed by atoms with Crippen LogP contribution < -0.4 is 5.32 Å².